The molecule has 1 saturated heterocycles. The zero-order valence-electron chi connectivity index (χ0n) is 13.0. The van der Waals surface area contributed by atoms with Crippen LogP contribution in [0.5, 0.6) is 0 Å². The first kappa shape index (κ1) is 20.6. The van der Waals surface area contributed by atoms with Gasteiger partial charge in [0.1, 0.15) is 24.4 Å². The van der Waals surface area contributed by atoms with Crippen molar-refractivity contribution in [1.29, 1.82) is 0 Å². The first-order valence-corrected chi connectivity index (χ1v) is 8.45. The number of thioether (sulfide) groups is 1. The van der Waals surface area contributed by atoms with Crippen molar-refractivity contribution in [3.05, 3.63) is 39.9 Å². The standard InChI is InChI=1S/C14H15NO9S2/c16-5-8-9(17)10(18)11(19)13(23-8)24-14(25)26-12(20)6-1-3-7(4-2-6)15(21)22/h1-4,8-11,13,16-19H,5H2/t8-,9+,10+,11-,13?/m1/s1. The topological polar surface area (TPSA) is 160 Å². The minimum absolute atomic E-state index is 0.139. The molecule has 10 nitrogen and oxygen atoms in total. The summed E-state index contributed by atoms with van der Waals surface area (Å²) in [6, 6.07) is 4.83. The lowest BCUT2D eigenvalue weighted by Gasteiger charge is -2.39. The molecule has 1 fully saturated rings. The predicted molar refractivity (Wildman–Crippen MR) is 92.5 cm³/mol. The molecule has 0 radical (unpaired) electrons. The van der Waals surface area contributed by atoms with E-state index in [-0.39, 0.29) is 15.6 Å². The Bertz CT molecular complexity index is 681. The van der Waals surface area contributed by atoms with Crippen LogP contribution in [0.2, 0.25) is 0 Å². The normalized spacial score (nSPS) is 28.4. The first-order valence-electron chi connectivity index (χ1n) is 7.22. The van der Waals surface area contributed by atoms with Gasteiger partial charge < -0.3 is 29.9 Å². The molecule has 1 unspecified atom stereocenters. The summed E-state index contributed by atoms with van der Waals surface area (Å²) in [6.07, 6.45) is -7.49. The van der Waals surface area contributed by atoms with Gasteiger partial charge in [0.25, 0.3) is 5.69 Å². The van der Waals surface area contributed by atoms with E-state index < -0.39 is 47.4 Å². The highest BCUT2D eigenvalue weighted by Gasteiger charge is 2.45. The number of nitro groups is 1. The maximum atomic E-state index is 12.1. The molecule has 2 rings (SSSR count). The molecule has 0 spiro atoms. The summed E-state index contributed by atoms with van der Waals surface area (Å²) in [4.78, 5) is 22.1. The van der Waals surface area contributed by atoms with Crippen molar-refractivity contribution in [2.45, 2.75) is 30.7 Å². The zero-order chi connectivity index (χ0) is 19.4. The van der Waals surface area contributed by atoms with Crippen molar-refractivity contribution < 1.29 is 39.6 Å². The van der Waals surface area contributed by atoms with Crippen molar-refractivity contribution in [2.75, 3.05) is 6.61 Å². The summed E-state index contributed by atoms with van der Waals surface area (Å²) in [7, 11) is 0. The van der Waals surface area contributed by atoms with Crippen LogP contribution in [-0.4, -0.2) is 72.2 Å². The van der Waals surface area contributed by atoms with Gasteiger partial charge in [-0.15, -0.1) is 0 Å². The molecular weight excluding hydrogens is 390 g/mol. The number of hydrogen-bond acceptors (Lipinski definition) is 11. The Hall–Kier alpha value is -1.67. The van der Waals surface area contributed by atoms with Crippen LogP contribution in [0.1, 0.15) is 10.4 Å². The molecule has 5 atom stereocenters. The fraction of sp³-hybridized carbons (Fsp3) is 0.429. The maximum Gasteiger partial charge on any atom is 0.269 e. The molecule has 1 aliphatic heterocycles. The number of benzene rings is 1. The number of hydrogen-bond donors (Lipinski definition) is 4. The monoisotopic (exact) mass is 405 g/mol. The quantitative estimate of drug-likeness (QED) is 0.292. The van der Waals surface area contributed by atoms with E-state index in [0.29, 0.717) is 11.8 Å². The van der Waals surface area contributed by atoms with Crippen LogP contribution in [-0.2, 0) is 9.47 Å². The van der Waals surface area contributed by atoms with E-state index in [2.05, 4.69) is 0 Å². The summed E-state index contributed by atoms with van der Waals surface area (Å²) in [5, 5.41) is 48.3. The van der Waals surface area contributed by atoms with Crippen LogP contribution in [0, 0.1) is 10.1 Å². The van der Waals surface area contributed by atoms with Gasteiger partial charge in [-0.3, -0.25) is 14.9 Å². The molecule has 1 aliphatic rings. The van der Waals surface area contributed by atoms with E-state index in [0.717, 1.165) is 12.1 Å². The third kappa shape index (κ3) is 4.73. The Morgan fingerprint density at radius 1 is 1.23 bits per heavy atom. The van der Waals surface area contributed by atoms with Crippen molar-refractivity contribution in [1.82, 2.24) is 0 Å². The molecule has 4 N–H and O–H groups in total. The van der Waals surface area contributed by atoms with Gasteiger partial charge in [-0.2, -0.15) is 0 Å². The van der Waals surface area contributed by atoms with E-state index in [1.165, 1.54) is 12.1 Å². The number of nitro benzene ring substituents is 1. The van der Waals surface area contributed by atoms with E-state index in [1.807, 2.05) is 0 Å². The fourth-order valence-electron chi connectivity index (χ4n) is 2.14. The van der Waals surface area contributed by atoms with Gasteiger partial charge in [-0.1, -0.05) is 0 Å². The van der Waals surface area contributed by atoms with Crippen molar-refractivity contribution in [3.8, 4) is 0 Å². The number of rotatable bonds is 4. The maximum absolute atomic E-state index is 12.1. The number of thiocarbonyl (C=S) groups is 1. The number of carbonyl (C=O) groups excluding carboxylic acids is 1. The summed E-state index contributed by atoms with van der Waals surface area (Å²) >= 11 is 5.36. The van der Waals surface area contributed by atoms with Crippen LogP contribution >= 0.6 is 24.0 Å². The highest BCUT2D eigenvalue weighted by Crippen LogP contribution is 2.25. The van der Waals surface area contributed by atoms with Crippen LogP contribution < -0.4 is 0 Å². The Kier molecular flexibility index (Phi) is 7.00. The molecule has 1 heterocycles. The van der Waals surface area contributed by atoms with Crippen molar-refractivity contribution >= 4 is 39.2 Å². The van der Waals surface area contributed by atoms with Crippen molar-refractivity contribution in [3.63, 3.8) is 0 Å². The lowest BCUT2D eigenvalue weighted by Crippen LogP contribution is -2.59. The van der Waals surface area contributed by atoms with Crippen LogP contribution in [0.25, 0.3) is 0 Å². The van der Waals surface area contributed by atoms with Gasteiger partial charge >= 0.3 is 0 Å². The van der Waals surface area contributed by atoms with Gasteiger partial charge in [0.15, 0.2) is 0 Å². The molecule has 1 aromatic rings. The second-order valence-corrected chi connectivity index (χ2v) is 6.83. The van der Waals surface area contributed by atoms with Gasteiger partial charge in [-0.25, -0.2) is 0 Å². The van der Waals surface area contributed by atoms with Crippen molar-refractivity contribution in [2.24, 2.45) is 0 Å². The van der Waals surface area contributed by atoms with Gasteiger partial charge in [0.05, 0.1) is 11.5 Å². The Morgan fingerprint density at radius 3 is 2.38 bits per heavy atom. The van der Waals surface area contributed by atoms with E-state index >= 15 is 0 Å². The predicted octanol–water partition coefficient (Wildman–Crippen LogP) is -0.430. The zero-order valence-corrected chi connectivity index (χ0v) is 14.6. The molecule has 0 aliphatic carbocycles. The molecule has 26 heavy (non-hydrogen) atoms. The van der Waals surface area contributed by atoms with Crippen LogP contribution in [0.4, 0.5) is 5.69 Å². The lowest BCUT2D eigenvalue weighted by molar-refractivity contribution is -0.384. The minimum Gasteiger partial charge on any atom is -0.445 e. The Balaban J connectivity index is 1.97. The number of aliphatic hydroxyl groups is 4. The molecule has 0 bridgehead atoms. The van der Waals surface area contributed by atoms with E-state index in [9.17, 15) is 30.2 Å². The largest absolute Gasteiger partial charge is 0.445 e. The number of ether oxygens (including phenoxy) is 2. The second-order valence-electron chi connectivity index (χ2n) is 5.26. The summed E-state index contributed by atoms with van der Waals surface area (Å²) in [6.45, 7) is -0.633. The highest BCUT2D eigenvalue weighted by atomic mass is 32.2. The van der Waals surface area contributed by atoms with Crippen LogP contribution in [0.15, 0.2) is 24.3 Å². The van der Waals surface area contributed by atoms with Gasteiger partial charge in [0, 0.05) is 29.5 Å². The van der Waals surface area contributed by atoms with E-state index in [1.54, 1.807) is 0 Å². The third-order valence-electron chi connectivity index (χ3n) is 3.55. The molecule has 1 aromatic carbocycles. The van der Waals surface area contributed by atoms with Crippen LogP contribution in [0.3, 0.4) is 0 Å². The molecule has 0 saturated carbocycles. The number of aliphatic hydroxyl groups excluding tert-OH is 4. The summed E-state index contributed by atoms with van der Waals surface area (Å²) in [5.41, 5.74) is -0.0351. The SMILES string of the molecule is O=C(SC(=S)OC1O[C@H](CO)[C@H](O)[C@H](O)[C@H]1O)c1ccc([N+](=O)[O-])cc1. The number of non-ortho nitro benzene ring substituents is 1. The number of nitrogens with zero attached hydrogens (tertiary/aromatic N) is 1. The lowest BCUT2D eigenvalue weighted by atomic mass is 9.99. The molecular formula is C14H15NO9S2. The minimum atomic E-state index is -1.65. The summed E-state index contributed by atoms with van der Waals surface area (Å²) < 4.78 is 9.90. The van der Waals surface area contributed by atoms with E-state index in [4.69, 9.17) is 26.8 Å². The Morgan fingerprint density at radius 2 is 1.85 bits per heavy atom. The van der Waals surface area contributed by atoms with Gasteiger partial charge in [-0.05, 0) is 24.4 Å². The molecule has 12 heteroatoms. The third-order valence-corrected chi connectivity index (χ3v) is 4.58. The average molecular weight is 405 g/mol. The molecule has 142 valence electrons. The fourth-order valence-corrected chi connectivity index (χ4v) is 3.01. The first-order chi connectivity index (χ1) is 12.2. The second kappa shape index (κ2) is 8.81. The number of carbonyl (C=O) groups is 1. The molecule has 0 amide bonds. The highest BCUT2D eigenvalue weighted by molar-refractivity contribution is 8.32. The summed E-state index contributed by atoms with van der Waals surface area (Å²) in [5.74, 6) is 0. The average Bonchev–Trinajstić information content (AvgIpc) is 2.62. The Labute approximate surface area is 156 Å². The van der Waals surface area contributed by atoms with Gasteiger partial charge in [0.2, 0.25) is 15.8 Å². The molecule has 0 aromatic heterocycles. The smallest absolute Gasteiger partial charge is 0.269 e.